The van der Waals surface area contributed by atoms with Crippen LogP contribution in [0.3, 0.4) is 0 Å². The number of halogens is 1. The molecular formula is C20H22FNO2. The highest BCUT2D eigenvalue weighted by Crippen LogP contribution is 2.14. The second-order valence-corrected chi connectivity index (χ2v) is 6.11. The van der Waals surface area contributed by atoms with E-state index in [1.165, 1.54) is 11.6 Å². The number of benzene rings is 2. The average molecular weight is 327 g/mol. The molecule has 1 aliphatic heterocycles. The van der Waals surface area contributed by atoms with Crippen LogP contribution < -0.4 is 0 Å². The van der Waals surface area contributed by atoms with Crippen molar-refractivity contribution in [2.24, 2.45) is 0 Å². The van der Waals surface area contributed by atoms with E-state index in [4.69, 9.17) is 4.74 Å². The first-order valence-electron chi connectivity index (χ1n) is 8.39. The van der Waals surface area contributed by atoms with E-state index >= 15 is 0 Å². The molecule has 1 aliphatic rings. The maximum absolute atomic E-state index is 13.6. The van der Waals surface area contributed by atoms with Crippen molar-refractivity contribution in [3.05, 3.63) is 71.5 Å². The van der Waals surface area contributed by atoms with Crippen molar-refractivity contribution in [2.45, 2.75) is 25.4 Å². The standard InChI is InChI=1S/C20H22FNO2/c21-19-9-5-4-8-17(19)10-11-20(23)22-12-13-24-18(15-22)14-16-6-2-1-3-7-16/h1-9,18H,10-15H2. The van der Waals surface area contributed by atoms with Crippen LogP contribution in [0.2, 0.25) is 0 Å². The minimum atomic E-state index is -0.241. The molecule has 0 bridgehead atoms. The van der Waals surface area contributed by atoms with Crippen LogP contribution in [0.25, 0.3) is 0 Å². The van der Waals surface area contributed by atoms with Gasteiger partial charge in [-0.2, -0.15) is 0 Å². The largest absolute Gasteiger partial charge is 0.374 e. The Kier molecular flexibility index (Phi) is 5.59. The van der Waals surface area contributed by atoms with E-state index in [1.54, 1.807) is 18.2 Å². The second kappa shape index (κ2) is 8.06. The molecule has 1 saturated heterocycles. The maximum Gasteiger partial charge on any atom is 0.223 e. The van der Waals surface area contributed by atoms with Gasteiger partial charge in [-0.15, -0.1) is 0 Å². The number of hydrogen-bond donors (Lipinski definition) is 0. The lowest BCUT2D eigenvalue weighted by Crippen LogP contribution is -2.46. The Hall–Kier alpha value is -2.20. The number of nitrogens with zero attached hydrogens (tertiary/aromatic N) is 1. The third kappa shape index (κ3) is 4.42. The molecule has 0 spiro atoms. The molecule has 3 rings (SSSR count). The first-order valence-corrected chi connectivity index (χ1v) is 8.39. The van der Waals surface area contributed by atoms with Gasteiger partial charge in [-0.1, -0.05) is 48.5 Å². The number of carbonyl (C=O) groups is 1. The highest BCUT2D eigenvalue weighted by atomic mass is 19.1. The smallest absolute Gasteiger partial charge is 0.223 e. The SMILES string of the molecule is O=C(CCc1ccccc1F)N1CCOC(Cc2ccccc2)C1. The van der Waals surface area contributed by atoms with Gasteiger partial charge < -0.3 is 9.64 Å². The predicted molar refractivity (Wildman–Crippen MR) is 91.2 cm³/mol. The van der Waals surface area contributed by atoms with Gasteiger partial charge in [0.1, 0.15) is 5.82 Å². The van der Waals surface area contributed by atoms with Crippen molar-refractivity contribution in [3.63, 3.8) is 0 Å². The third-order valence-corrected chi connectivity index (χ3v) is 4.36. The van der Waals surface area contributed by atoms with Crippen LogP contribution in [0.15, 0.2) is 54.6 Å². The van der Waals surface area contributed by atoms with Gasteiger partial charge in [-0.25, -0.2) is 4.39 Å². The van der Waals surface area contributed by atoms with Gasteiger partial charge >= 0.3 is 0 Å². The van der Waals surface area contributed by atoms with E-state index < -0.39 is 0 Å². The van der Waals surface area contributed by atoms with Crippen LogP contribution in [0.5, 0.6) is 0 Å². The molecule has 1 fully saturated rings. The Morgan fingerprint density at radius 3 is 2.67 bits per heavy atom. The maximum atomic E-state index is 13.6. The van der Waals surface area contributed by atoms with Gasteiger partial charge in [0.05, 0.1) is 12.7 Å². The molecule has 24 heavy (non-hydrogen) atoms. The normalized spacial score (nSPS) is 17.7. The molecule has 4 heteroatoms. The van der Waals surface area contributed by atoms with Crippen molar-refractivity contribution in [1.29, 1.82) is 0 Å². The summed E-state index contributed by atoms with van der Waals surface area (Å²) in [7, 11) is 0. The predicted octanol–water partition coefficient (Wildman–Crippen LogP) is 3.23. The third-order valence-electron chi connectivity index (χ3n) is 4.36. The van der Waals surface area contributed by atoms with Crippen LogP contribution in [-0.4, -0.2) is 36.6 Å². The van der Waals surface area contributed by atoms with Crippen LogP contribution >= 0.6 is 0 Å². The van der Waals surface area contributed by atoms with Crippen molar-refractivity contribution >= 4 is 5.91 Å². The lowest BCUT2D eigenvalue weighted by Gasteiger charge is -2.33. The molecule has 0 aliphatic carbocycles. The van der Waals surface area contributed by atoms with Crippen molar-refractivity contribution in [1.82, 2.24) is 4.90 Å². The minimum Gasteiger partial charge on any atom is -0.374 e. The molecule has 1 atom stereocenters. The molecule has 2 aromatic rings. The lowest BCUT2D eigenvalue weighted by atomic mass is 10.1. The quantitative estimate of drug-likeness (QED) is 0.844. The number of carbonyl (C=O) groups excluding carboxylic acids is 1. The van der Waals surface area contributed by atoms with Crippen LogP contribution in [0.4, 0.5) is 4.39 Å². The molecule has 0 aromatic heterocycles. The van der Waals surface area contributed by atoms with Crippen LogP contribution in [-0.2, 0) is 22.4 Å². The van der Waals surface area contributed by atoms with Gasteiger partial charge in [0.25, 0.3) is 0 Å². The number of aryl methyl sites for hydroxylation is 1. The summed E-state index contributed by atoms with van der Waals surface area (Å²) in [6.07, 6.45) is 1.60. The highest BCUT2D eigenvalue weighted by molar-refractivity contribution is 5.76. The molecule has 1 amide bonds. The molecule has 0 N–H and O–H groups in total. The zero-order chi connectivity index (χ0) is 16.8. The Bertz CT molecular complexity index is 674. The van der Waals surface area contributed by atoms with E-state index in [2.05, 4.69) is 12.1 Å². The zero-order valence-corrected chi connectivity index (χ0v) is 13.7. The first-order chi connectivity index (χ1) is 11.7. The number of morpholine rings is 1. The fraction of sp³-hybridized carbons (Fsp3) is 0.350. The summed E-state index contributed by atoms with van der Waals surface area (Å²) in [5, 5.41) is 0. The molecule has 0 radical (unpaired) electrons. The van der Waals surface area contributed by atoms with E-state index in [0.29, 0.717) is 38.1 Å². The Morgan fingerprint density at radius 2 is 1.88 bits per heavy atom. The molecule has 1 unspecified atom stereocenters. The topological polar surface area (TPSA) is 29.5 Å². The average Bonchev–Trinajstić information content (AvgIpc) is 2.62. The summed E-state index contributed by atoms with van der Waals surface area (Å²) in [4.78, 5) is 14.3. The van der Waals surface area contributed by atoms with Crippen molar-refractivity contribution in [3.8, 4) is 0 Å². The van der Waals surface area contributed by atoms with E-state index in [1.807, 2.05) is 23.1 Å². The first kappa shape index (κ1) is 16.7. The van der Waals surface area contributed by atoms with E-state index in [-0.39, 0.29) is 17.8 Å². The molecule has 126 valence electrons. The Morgan fingerprint density at radius 1 is 1.12 bits per heavy atom. The van der Waals surface area contributed by atoms with Gasteiger partial charge in [0, 0.05) is 25.9 Å². The molecule has 3 nitrogen and oxygen atoms in total. The van der Waals surface area contributed by atoms with Gasteiger partial charge in [0.2, 0.25) is 5.91 Å². The second-order valence-electron chi connectivity index (χ2n) is 6.11. The molecule has 0 saturated carbocycles. The minimum absolute atomic E-state index is 0.0264. The fourth-order valence-corrected chi connectivity index (χ4v) is 3.05. The summed E-state index contributed by atoms with van der Waals surface area (Å²) in [6.45, 7) is 1.77. The monoisotopic (exact) mass is 327 g/mol. The Balaban J connectivity index is 1.52. The van der Waals surface area contributed by atoms with E-state index in [9.17, 15) is 9.18 Å². The Labute approximate surface area is 142 Å². The summed E-state index contributed by atoms with van der Waals surface area (Å²) < 4.78 is 19.4. The lowest BCUT2D eigenvalue weighted by molar-refractivity contribution is -0.138. The summed E-state index contributed by atoms with van der Waals surface area (Å²) >= 11 is 0. The van der Waals surface area contributed by atoms with Crippen molar-refractivity contribution < 1.29 is 13.9 Å². The molecule has 2 aromatic carbocycles. The van der Waals surface area contributed by atoms with Gasteiger partial charge in [0.15, 0.2) is 0 Å². The van der Waals surface area contributed by atoms with E-state index in [0.717, 1.165) is 6.42 Å². The summed E-state index contributed by atoms with van der Waals surface area (Å²) in [6, 6.07) is 16.8. The number of hydrogen-bond acceptors (Lipinski definition) is 2. The summed E-state index contributed by atoms with van der Waals surface area (Å²) in [5.74, 6) is -0.172. The highest BCUT2D eigenvalue weighted by Gasteiger charge is 2.24. The number of rotatable bonds is 5. The van der Waals surface area contributed by atoms with Gasteiger partial charge in [-0.05, 0) is 23.6 Å². The number of amides is 1. The molecular weight excluding hydrogens is 305 g/mol. The van der Waals surface area contributed by atoms with Crippen molar-refractivity contribution in [2.75, 3.05) is 19.7 Å². The van der Waals surface area contributed by atoms with Crippen LogP contribution in [0.1, 0.15) is 17.5 Å². The number of ether oxygens (including phenoxy) is 1. The summed E-state index contributed by atoms with van der Waals surface area (Å²) in [5.41, 5.74) is 1.81. The van der Waals surface area contributed by atoms with Gasteiger partial charge in [-0.3, -0.25) is 4.79 Å². The fourth-order valence-electron chi connectivity index (χ4n) is 3.05. The molecule has 1 heterocycles. The van der Waals surface area contributed by atoms with Crippen LogP contribution in [0, 0.1) is 5.82 Å². The zero-order valence-electron chi connectivity index (χ0n) is 13.7.